The minimum Gasteiger partial charge on any atom is -0.444 e. The van der Waals surface area contributed by atoms with Gasteiger partial charge in [-0.05, 0) is 46.2 Å². The molecular weight excluding hydrogens is 296 g/mol. The molecule has 128 valence electrons. The SMILES string of the molecule is CC(C)(CNC(=O)OC(C)(C)C)NC(=O)NCc1cccnc1. The van der Waals surface area contributed by atoms with Crippen LogP contribution >= 0.6 is 0 Å². The maximum Gasteiger partial charge on any atom is 0.407 e. The van der Waals surface area contributed by atoms with Gasteiger partial charge in [0.1, 0.15) is 5.60 Å². The molecule has 1 rings (SSSR count). The van der Waals surface area contributed by atoms with Crippen LogP contribution in [0.3, 0.4) is 0 Å². The molecule has 0 radical (unpaired) electrons. The Morgan fingerprint density at radius 3 is 2.43 bits per heavy atom. The fourth-order valence-electron chi connectivity index (χ4n) is 1.69. The lowest BCUT2D eigenvalue weighted by Gasteiger charge is -2.27. The van der Waals surface area contributed by atoms with Crippen molar-refractivity contribution < 1.29 is 14.3 Å². The summed E-state index contributed by atoms with van der Waals surface area (Å²) in [6, 6.07) is 3.37. The van der Waals surface area contributed by atoms with E-state index in [1.54, 1.807) is 33.2 Å². The minimum absolute atomic E-state index is 0.252. The van der Waals surface area contributed by atoms with Gasteiger partial charge >= 0.3 is 12.1 Å². The molecule has 0 atom stereocenters. The van der Waals surface area contributed by atoms with E-state index in [1.807, 2.05) is 26.0 Å². The van der Waals surface area contributed by atoms with E-state index in [1.165, 1.54) is 0 Å². The van der Waals surface area contributed by atoms with E-state index < -0.39 is 17.2 Å². The molecule has 7 nitrogen and oxygen atoms in total. The summed E-state index contributed by atoms with van der Waals surface area (Å²) in [6.45, 7) is 9.64. The van der Waals surface area contributed by atoms with E-state index in [9.17, 15) is 9.59 Å². The lowest BCUT2D eigenvalue weighted by Crippen LogP contribution is -2.54. The maximum absolute atomic E-state index is 11.9. The van der Waals surface area contributed by atoms with Gasteiger partial charge in [-0.1, -0.05) is 6.07 Å². The Kier molecular flexibility index (Phi) is 6.36. The first kappa shape index (κ1) is 18.7. The Morgan fingerprint density at radius 2 is 1.87 bits per heavy atom. The number of nitrogens with one attached hydrogen (secondary N) is 3. The van der Waals surface area contributed by atoms with Gasteiger partial charge in [-0.2, -0.15) is 0 Å². The summed E-state index contributed by atoms with van der Waals surface area (Å²) in [7, 11) is 0. The number of carbonyl (C=O) groups excluding carboxylic acids is 2. The predicted octanol–water partition coefficient (Wildman–Crippen LogP) is 2.18. The molecule has 0 aliphatic rings. The lowest BCUT2D eigenvalue weighted by molar-refractivity contribution is 0.0514. The van der Waals surface area contributed by atoms with E-state index in [0.29, 0.717) is 6.54 Å². The van der Waals surface area contributed by atoms with Crippen LogP contribution in [0.25, 0.3) is 0 Å². The second kappa shape index (κ2) is 7.80. The molecule has 1 aromatic heterocycles. The van der Waals surface area contributed by atoms with E-state index in [-0.39, 0.29) is 12.6 Å². The molecule has 1 heterocycles. The number of carbonyl (C=O) groups is 2. The standard InChI is InChI=1S/C16H26N4O3/c1-15(2,3)23-14(22)19-11-16(4,5)20-13(21)18-10-12-7-6-8-17-9-12/h6-9H,10-11H2,1-5H3,(H,19,22)(H2,18,20,21). The molecule has 0 unspecified atom stereocenters. The second-order valence-corrected chi connectivity index (χ2v) is 6.91. The zero-order valence-corrected chi connectivity index (χ0v) is 14.4. The fourth-order valence-corrected chi connectivity index (χ4v) is 1.69. The summed E-state index contributed by atoms with van der Waals surface area (Å²) in [5.74, 6) is 0. The van der Waals surface area contributed by atoms with Crippen LogP contribution in [0.2, 0.25) is 0 Å². The molecule has 3 amide bonds. The maximum atomic E-state index is 11.9. The first-order valence-corrected chi connectivity index (χ1v) is 7.49. The van der Waals surface area contributed by atoms with Crippen molar-refractivity contribution in [3.8, 4) is 0 Å². The summed E-state index contributed by atoms with van der Waals surface area (Å²) >= 11 is 0. The highest BCUT2D eigenvalue weighted by atomic mass is 16.6. The highest BCUT2D eigenvalue weighted by molar-refractivity contribution is 5.75. The van der Waals surface area contributed by atoms with E-state index in [0.717, 1.165) is 5.56 Å². The van der Waals surface area contributed by atoms with Crippen LogP contribution in [0.5, 0.6) is 0 Å². The van der Waals surface area contributed by atoms with Gasteiger partial charge in [0, 0.05) is 25.5 Å². The van der Waals surface area contributed by atoms with Crippen LogP contribution in [0.4, 0.5) is 9.59 Å². The molecule has 7 heteroatoms. The van der Waals surface area contributed by atoms with Crippen LogP contribution in [0, 0.1) is 0 Å². The normalized spacial score (nSPS) is 11.5. The first-order valence-electron chi connectivity index (χ1n) is 7.49. The third-order valence-electron chi connectivity index (χ3n) is 2.70. The van der Waals surface area contributed by atoms with Crippen LogP contribution in [0.15, 0.2) is 24.5 Å². The topological polar surface area (TPSA) is 92.4 Å². The number of nitrogens with zero attached hydrogens (tertiary/aromatic N) is 1. The van der Waals surface area contributed by atoms with E-state index in [4.69, 9.17) is 4.74 Å². The zero-order valence-electron chi connectivity index (χ0n) is 14.4. The number of ether oxygens (including phenoxy) is 1. The summed E-state index contributed by atoms with van der Waals surface area (Å²) in [5.41, 5.74) is -0.258. The number of hydrogen-bond acceptors (Lipinski definition) is 4. The molecule has 1 aromatic rings. The summed E-state index contributed by atoms with van der Waals surface area (Å²) in [6.07, 6.45) is 2.85. The van der Waals surface area contributed by atoms with Gasteiger partial charge in [-0.25, -0.2) is 9.59 Å². The first-order chi connectivity index (χ1) is 10.6. The number of urea groups is 1. The summed E-state index contributed by atoms with van der Waals surface area (Å²) in [5, 5.41) is 8.20. The van der Waals surface area contributed by atoms with Crippen molar-refractivity contribution in [3.05, 3.63) is 30.1 Å². The smallest absolute Gasteiger partial charge is 0.407 e. The van der Waals surface area contributed by atoms with Gasteiger partial charge in [0.25, 0.3) is 0 Å². The third kappa shape index (κ3) is 8.65. The third-order valence-corrected chi connectivity index (χ3v) is 2.70. The van der Waals surface area contributed by atoms with Gasteiger partial charge in [0.05, 0.1) is 5.54 Å². The summed E-state index contributed by atoms with van der Waals surface area (Å²) in [4.78, 5) is 27.5. The minimum atomic E-state index is -0.615. The van der Waals surface area contributed by atoms with Crippen molar-refractivity contribution in [2.75, 3.05) is 6.54 Å². The van der Waals surface area contributed by atoms with Crippen molar-refractivity contribution >= 4 is 12.1 Å². The molecule has 0 saturated carbocycles. The molecule has 0 spiro atoms. The Morgan fingerprint density at radius 1 is 1.17 bits per heavy atom. The van der Waals surface area contributed by atoms with Crippen LogP contribution in [-0.4, -0.2) is 34.8 Å². The van der Waals surface area contributed by atoms with Crippen LogP contribution in [0.1, 0.15) is 40.2 Å². The molecular formula is C16H26N4O3. The van der Waals surface area contributed by atoms with Crippen molar-refractivity contribution in [2.24, 2.45) is 0 Å². The Balaban J connectivity index is 2.36. The fraction of sp³-hybridized carbons (Fsp3) is 0.562. The molecule has 23 heavy (non-hydrogen) atoms. The number of pyridine rings is 1. The van der Waals surface area contributed by atoms with Gasteiger partial charge < -0.3 is 20.7 Å². The number of rotatable bonds is 5. The Bertz CT molecular complexity index is 524. The highest BCUT2D eigenvalue weighted by Gasteiger charge is 2.23. The van der Waals surface area contributed by atoms with Gasteiger partial charge in [-0.3, -0.25) is 4.98 Å². The highest BCUT2D eigenvalue weighted by Crippen LogP contribution is 2.07. The number of amides is 3. The Labute approximate surface area is 137 Å². The van der Waals surface area contributed by atoms with Crippen molar-refractivity contribution in [1.29, 1.82) is 0 Å². The number of alkyl carbamates (subject to hydrolysis) is 1. The average Bonchev–Trinajstić information content (AvgIpc) is 2.42. The van der Waals surface area contributed by atoms with Crippen molar-refractivity contribution in [3.63, 3.8) is 0 Å². The van der Waals surface area contributed by atoms with E-state index >= 15 is 0 Å². The van der Waals surface area contributed by atoms with Crippen LogP contribution < -0.4 is 16.0 Å². The van der Waals surface area contributed by atoms with Crippen molar-refractivity contribution in [1.82, 2.24) is 20.9 Å². The second-order valence-electron chi connectivity index (χ2n) is 6.91. The number of aromatic nitrogens is 1. The quantitative estimate of drug-likeness (QED) is 0.775. The van der Waals surface area contributed by atoms with Gasteiger partial charge in [0.15, 0.2) is 0 Å². The van der Waals surface area contributed by atoms with Gasteiger partial charge in [0.2, 0.25) is 0 Å². The van der Waals surface area contributed by atoms with Gasteiger partial charge in [-0.15, -0.1) is 0 Å². The predicted molar refractivity (Wildman–Crippen MR) is 87.9 cm³/mol. The molecule has 0 aliphatic carbocycles. The van der Waals surface area contributed by atoms with Crippen molar-refractivity contribution in [2.45, 2.75) is 52.3 Å². The Hall–Kier alpha value is -2.31. The molecule has 0 aliphatic heterocycles. The molecule has 0 saturated heterocycles. The lowest BCUT2D eigenvalue weighted by atomic mass is 10.1. The monoisotopic (exact) mass is 322 g/mol. The largest absolute Gasteiger partial charge is 0.444 e. The van der Waals surface area contributed by atoms with E-state index in [2.05, 4.69) is 20.9 Å². The molecule has 0 bridgehead atoms. The number of hydrogen-bond donors (Lipinski definition) is 3. The van der Waals surface area contributed by atoms with Crippen LogP contribution in [-0.2, 0) is 11.3 Å². The molecule has 0 aromatic carbocycles. The average molecular weight is 322 g/mol. The molecule has 3 N–H and O–H groups in total. The zero-order chi connectivity index (χ0) is 17.5. The summed E-state index contributed by atoms with van der Waals surface area (Å²) < 4.78 is 5.16. The molecule has 0 fully saturated rings.